The van der Waals surface area contributed by atoms with Crippen LogP contribution < -0.4 is 9.46 Å². The van der Waals surface area contributed by atoms with Gasteiger partial charge in [0.05, 0.1) is 12.0 Å². The van der Waals surface area contributed by atoms with E-state index < -0.39 is 10.0 Å². The summed E-state index contributed by atoms with van der Waals surface area (Å²) in [5, 5.41) is 0. The van der Waals surface area contributed by atoms with Crippen LogP contribution in [0.5, 0.6) is 5.75 Å². The Morgan fingerprint density at radius 1 is 1.47 bits per heavy atom. The number of terminal acetylenes is 1. The van der Waals surface area contributed by atoms with Gasteiger partial charge in [0.15, 0.2) is 0 Å². The molecule has 0 heterocycles. The van der Waals surface area contributed by atoms with Crippen LogP contribution in [0.15, 0.2) is 23.1 Å². The summed E-state index contributed by atoms with van der Waals surface area (Å²) in [5.41, 5.74) is 0.771. The maximum atomic E-state index is 11.8. The van der Waals surface area contributed by atoms with Crippen LogP contribution in [-0.2, 0) is 10.0 Å². The lowest BCUT2D eigenvalue weighted by molar-refractivity contribution is 0.411. The molecule has 17 heavy (non-hydrogen) atoms. The third kappa shape index (κ3) is 3.48. The number of ether oxygens (including phenoxy) is 1. The second-order valence-corrected chi connectivity index (χ2v) is 5.25. The Bertz CT molecular complexity index is 529. The molecule has 0 fully saturated rings. The fourth-order valence-corrected chi connectivity index (χ4v) is 2.48. The largest absolute Gasteiger partial charge is 0.496 e. The molecular weight excluding hydrogens is 238 g/mol. The van der Waals surface area contributed by atoms with Gasteiger partial charge in [0.1, 0.15) is 5.75 Å². The molecule has 1 aromatic carbocycles. The van der Waals surface area contributed by atoms with E-state index in [1.165, 1.54) is 6.07 Å². The lowest BCUT2D eigenvalue weighted by atomic mass is 10.2. The molecule has 1 rings (SSSR count). The molecule has 0 bridgehead atoms. The number of benzene rings is 1. The van der Waals surface area contributed by atoms with Crippen LogP contribution in [0.3, 0.4) is 0 Å². The van der Waals surface area contributed by atoms with Gasteiger partial charge in [-0.2, -0.15) is 0 Å². The highest BCUT2D eigenvalue weighted by atomic mass is 32.2. The standard InChI is InChI=1S/C12H15NO3S/c1-4-5-8-13-17(14,15)11-6-7-12(16-3)10(2)9-11/h1,6-7,9,13H,5,8H2,2-3H3. The molecule has 0 aliphatic rings. The smallest absolute Gasteiger partial charge is 0.240 e. The lowest BCUT2D eigenvalue weighted by Gasteiger charge is -2.08. The van der Waals surface area contributed by atoms with Crippen LogP contribution >= 0.6 is 0 Å². The summed E-state index contributed by atoms with van der Waals surface area (Å²) in [5.74, 6) is 3.03. The van der Waals surface area contributed by atoms with Crippen molar-refractivity contribution >= 4 is 10.0 Å². The molecular formula is C12H15NO3S. The topological polar surface area (TPSA) is 55.4 Å². The Kier molecular flexibility index (Phi) is 4.55. The predicted molar refractivity (Wildman–Crippen MR) is 66.4 cm³/mol. The van der Waals surface area contributed by atoms with E-state index in [9.17, 15) is 8.42 Å². The van der Waals surface area contributed by atoms with Gasteiger partial charge in [-0.25, -0.2) is 13.1 Å². The summed E-state index contributed by atoms with van der Waals surface area (Å²) in [6.45, 7) is 2.03. The van der Waals surface area contributed by atoms with Crippen molar-refractivity contribution in [1.82, 2.24) is 4.72 Å². The highest BCUT2D eigenvalue weighted by Crippen LogP contribution is 2.21. The van der Waals surface area contributed by atoms with Gasteiger partial charge in [-0.1, -0.05) is 0 Å². The van der Waals surface area contributed by atoms with E-state index in [1.54, 1.807) is 26.2 Å². The summed E-state index contributed by atoms with van der Waals surface area (Å²) in [4.78, 5) is 0.216. The van der Waals surface area contributed by atoms with E-state index in [2.05, 4.69) is 10.6 Å². The van der Waals surface area contributed by atoms with Gasteiger partial charge in [0.2, 0.25) is 10.0 Å². The Morgan fingerprint density at radius 3 is 2.71 bits per heavy atom. The molecule has 0 aliphatic heterocycles. The minimum Gasteiger partial charge on any atom is -0.496 e. The summed E-state index contributed by atoms with van der Waals surface area (Å²) in [7, 11) is -1.94. The Balaban J connectivity index is 2.93. The van der Waals surface area contributed by atoms with Gasteiger partial charge in [-0.05, 0) is 30.7 Å². The van der Waals surface area contributed by atoms with E-state index >= 15 is 0 Å². The molecule has 5 heteroatoms. The van der Waals surface area contributed by atoms with Crippen LogP contribution in [0.2, 0.25) is 0 Å². The van der Waals surface area contributed by atoms with E-state index in [4.69, 9.17) is 11.2 Å². The van der Waals surface area contributed by atoms with Crippen molar-refractivity contribution in [3.8, 4) is 18.1 Å². The molecule has 0 unspecified atom stereocenters. The zero-order valence-corrected chi connectivity index (χ0v) is 10.7. The van der Waals surface area contributed by atoms with Gasteiger partial charge in [0, 0.05) is 13.0 Å². The van der Waals surface area contributed by atoms with E-state index in [0.29, 0.717) is 12.2 Å². The monoisotopic (exact) mass is 253 g/mol. The van der Waals surface area contributed by atoms with Gasteiger partial charge in [-0.15, -0.1) is 12.3 Å². The van der Waals surface area contributed by atoms with E-state index in [-0.39, 0.29) is 11.4 Å². The maximum absolute atomic E-state index is 11.8. The third-order valence-corrected chi connectivity index (χ3v) is 3.70. The third-order valence-electron chi connectivity index (χ3n) is 2.24. The molecule has 1 aromatic rings. The lowest BCUT2D eigenvalue weighted by Crippen LogP contribution is -2.24. The van der Waals surface area contributed by atoms with Crippen molar-refractivity contribution in [2.75, 3.05) is 13.7 Å². The van der Waals surface area contributed by atoms with Crippen molar-refractivity contribution in [1.29, 1.82) is 0 Å². The molecule has 0 aromatic heterocycles. The molecule has 0 saturated carbocycles. The molecule has 4 nitrogen and oxygen atoms in total. The SMILES string of the molecule is C#CCCNS(=O)(=O)c1ccc(OC)c(C)c1. The van der Waals surface area contributed by atoms with Crippen LogP contribution in [0.1, 0.15) is 12.0 Å². The fourth-order valence-electron chi connectivity index (χ4n) is 1.36. The second-order valence-electron chi connectivity index (χ2n) is 3.48. The first-order chi connectivity index (χ1) is 8.01. The number of nitrogens with one attached hydrogen (secondary N) is 1. The minimum absolute atomic E-state index is 0.216. The number of aryl methyl sites for hydroxylation is 1. The zero-order valence-electron chi connectivity index (χ0n) is 9.86. The molecule has 0 aliphatic carbocycles. The highest BCUT2D eigenvalue weighted by molar-refractivity contribution is 7.89. The molecule has 0 amide bonds. The van der Waals surface area contributed by atoms with Crippen LogP contribution in [0.4, 0.5) is 0 Å². The van der Waals surface area contributed by atoms with Crippen LogP contribution in [0, 0.1) is 19.3 Å². The molecule has 0 radical (unpaired) electrons. The van der Waals surface area contributed by atoms with Gasteiger partial charge in [-0.3, -0.25) is 0 Å². The van der Waals surface area contributed by atoms with Gasteiger partial charge < -0.3 is 4.74 Å². The van der Waals surface area contributed by atoms with Crippen molar-refractivity contribution < 1.29 is 13.2 Å². The van der Waals surface area contributed by atoms with Crippen molar-refractivity contribution in [2.24, 2.45) is 0 Å². The van der Waals surface area contributed by atoms with Crippen molar-refractivity contribution in [3.63, 3.8) is 0 Å². The molecule has 0 saturated heterocycles. The molecule has 0 atom stereocenters. The quantitative estimate of drug-likeness (QED) is 0.636. The van der Waals surface area contributed by atoms with Crippen LogP contribution in [-0.4, -0.2) is 22.1 Å². The molecule has 1 N–H and O–H groups in total. The first kappa shape index (κ1) is 13.6. The number of rotatable bonds is 5. The first-order valence-electron chi connectivity index (χ1n) is 5.09. The number of methoxy groups -OCH3 is 1. The predicted octanol–water partition coefficient (Wildman–Crippen LogP) is 1.31. The summed E-state index contributed by atoms with van der Waals surface area (Å²) >= 11 is 0. The second kappa shape index (κ2) is 5.71. The van der Waals surface area contributed by atoms with Gasteiger partial charge >= 0.3 is 0 Å². The minimum atomic E-state index is -3.48. The van der Waals surface area contributed by atoms with E-state index in [0.717, 1.165) is 5.56 Å². The Hall–Kier alpha value is -1.51. The summed E-state index contributed by atoms with van der Waals surface area (Å²) in [6.07, 6.45) is 5.43. The zero-order chi connectivity index (χ0) is 12.9. The average Bonchev–Trinajstić information content (AvgIpc) is 2.29. The van der Waals surface area contributed by atoms with Gasteiger partial charge in [0.25, 0.3) is 0 Å². The number of hydrogen-bond donors (Lipinski definition) is 1. The summed E-state index contributed by atoms with van der Waals surface area (Å²) in [6, 6.07) is 4.70. The number of hydrogen-bond acceptors (Lipinski definition) is 3. The Morgan fingerprint density at radius 2 is 2.18 bits per heavy atom. The fraction of sp³-hybridized carbons (Fsp3) is 0.333. The van der Waals surface area contributed by atoms with Crippen LogP contribution in [0.25, 0.3) is 0 Å². The molecule has 0 spiro atoms. The first-order valence-corrected chi connectivity index (χ1v) is 6.57. The normalized spacial score (nSPS) is 10.9. The highest BCUT2D eigenvalue weighted by Gasteiger charge is 2.14. The van der Waals surface area contributed by atoms with Crippen molar-refractivity contribution in [3.05, 3.63) is 23.8 Å². The maximum Gasteiger partial charge on any atom is 0.240 e. The summed E-state index contributed by atoms with van der Waals surface area (Å²) < 4.78 is 31.2. The van der Waals surface area contributed by atoms with Crippen molar-refractivity contribution in [2.45, 2.75) is 18.2 Å². The average molecular weight is 253 g/mol. The Labute approximate surface area is 102 Å². The molecule has 92 valence electrons. The van der Waals surface area contributed by atoms with E-state index in [1.807, 2.05) is 0 Å². The number of sulfonamides is 1.